The largest absolute Gasteiger partial charge is 0.405 e. The molecule has 2 rings (SSSR count). The van der Waals surface area contributed by atoms with Gasteiger partial charge in [0.05, 0.1) is 5.52 Å². The van der Waals surface area contributed by atoms with Gasteiger partial charge in [0.25, 0.3) is 0 Å². The van der Waals surface area contributed by atoms with E-state index in [1.54, 1.807) is 31.2 Å². The Labute approximate surface area is 125 Å². The highest BCUT2D eigenvalue weighted by molar-refractivity contribution is 7.80. The van der Waals surface area contributed by atoms with Crippen molar-refractivity contribution in [1.82, 2.24) is 4.98 Å². The highest BCUT2D eigenvalue weighted by Gasteiger charge is 2.31. The van der Waals surface area contributed by atoms with Crippen LogP contribution >= 0.6 is 12.2 Å². The van der Waals surface area contributed by atoms with E-state index in [0.717, 1.165) is 10.3 Å². The van der Waals surface area contributed by atoms with Gasteiger partial charge in [-0.1, -0.05) is 30.4 Å². The number of thiocarbonyl (C=S) groups is 1. The van der Waals surface area contributed by atoms with Gasteiger partial charge in [0, 0.05) is 17.5 Å². The summed E-state index contributed by atoms with van der Waals surface area (Å²) in [6.07, 6.45) is -4.30. The SMILES string of the molecule is CCN(CC(F)(F)F)c1cc(C(N)=S)c2ccccc2n1. The summed E-state index contributed by atoms with van der Waals surface area (Å²) in [5.41, 5.74) is 6.78. The second-order valence-corrected chi connectivity index (χ2v) is 4.98. The van der Waals surface area contributed by atoms with Crippen molar-refractivity contribution in [2.75, 3.05) is 18.0 Å². The monoisotopic (exact) mass is 313 g/mol. The summed E-state index contributed by atoms with van der Waals surface area (Å²) in [6.45, 7) is 0.760. The standard InChI is InChI=1S/C14H14F3N3S/c1-2-20(8-14(15,16)17)12-7-10(13(18)21)9-5-3-4-6-11(9)19-12/h3-7H,2,8H2,1H3,(H2,18,21). The van der Waals surface area contributed by atoms with Gasteiger partial charge in [-0.2, -0.15) is 13.2 Å². The van der Waals surface area contributed by atoms with E-state index in [-0.39, 0.29) is 17.4 Å². The Kier molecular flexibility index (Phi) is 4.32. The molecule has 1 aromatic carbocycles. The smallest absolute Gasteiger partial charge is 0.389 e. The highest BCUT2D eigenvalue weighted by atomic mass is 32.1. The van der Waals surface area contributed by atoms with Crippen LogP contribution in [0.4, 0.5) is 19.0 Å². The summed E-state index contributed by atoms with van der Waals surface area (Å²) < 4.78 is 37.9. The number of pyridine rings is 1. The summed E-state index contributed by atoms with van der Waals surface area (Å²) in [5, 5.41) is 0.733. The Morgan fingerprint density at radius 1 is 1.33 bits per heavy atom. The maximum atomic E-state index is 12.6. The van der Waals surface area contributed by atoms with Crippen molar-refractivity contribution in [2.45, 2.75) is 13.1 Å². The lowest BCUT2D eigenvalue weighted by molar-refractivity contribution is -0.119. The summed E-state index contributed by atoms with van der Waals surface area (Å²) in [5.74, 6) is 0.219. The summed E-state index contributed by atoms with van der Waals surface area (Å²) in [4.78, 5) is 5.57. The van der Waals surface area contributed by atoms with Crippen LogP contribution in [0.2, 0.25) is 0 Å². The van der Waals surface area contributed by atoms with Crippen molar-refractivity contribution in [2.24, 2.45) is 5.73 Å². The molecule has 0 fully saturated rings. The van der Waals surface area contributed by atoms with E-state index < -0.39 is 12.7 Å². The lowest BCUT2D eigenvalue weighted by atomic mass is 10.1. The zero-order valence-corrected chi connectivity index (χ0v) is 12.1. The number of aromatic nitrogens is 1. The molecule has 1 heterocycles. The molecule has 2 aromatic rings. The van der Waals surface area contributed by atoms with E-state index >= 15 is 0 Å². The van der Waals surface area contributed by atoms with E-state index in [9.17, 15) is 13.2 Å². The zero-order chi connectivity index (χ0) is 15.6. The van der Waals surface area contributed by atoms with Gasteiger partial charge in [-0.05, 0) is 19.1 Å². The van der Waals surface area contributed by atoms with Crippen molar-refractivity contribution in [1.29, 1.82) is 0 Å². The second kappa shape index (κ2) is 5.85. The van der Waals surface area contributed by atoms with Crippen LogP contribution in [0.5, 0.6) is 0 Å². The molecule has 21 heavy (non-hydrogen) atoms. The quantitative estimate of drug-likeness (QED) is 0.880. The van der Waals surface area contributed by atoms with E-state index in [0.29, 0.717) is 11.1 Å². The second-order valence-electron chi connectivity index (χ2n) is 4.54. The molecule has 0 aliphatic carbocycles. The molecule has 0 saturated heterocycles. The van der Waals surface area contributed by atoms with Gasteiger partial charge in [0.2, 0.25) is 0 Å². The maximum absolute atomic E-state index is 12.6. The van der Waals surface area contributed by atoms with Gasteiger partial charge in [0.15, 0.2) is 0 Å². The maximum Gasteiger partial charge on any atom is 0.405 e. The summed E-state index contributed by atoms with van der Waals surface area (Å²) in [7, 11) is 0. The third kappa shape index (κ3) is 3.60. The molecule has 1 aromatic heterocycles. The van der Waals surface area contributed by atoms with Crippen LogP contribution in [0.15, 0.2) is 30.3 Å². The van der Waals surface area contributed by atoms with Crippen molar-refractivity contribution < 1.29 is 13.2 Å². The molecule has 0 amide bonds. The van der Waals surface area contributed by atoms with Gasteiger partial charge >= 0.3 is 6.18 Å². The Morgan fingerprint density at radius 3 is 2.57 bits per heavy atom. The van der Waals surface area contributed by atoms with Gasteiger partial charge in [-0.25, -0.2) is 4.98 Å². The predicted molar refractivity (Wildman–Crippen MR) is 81.6 cm³/mol. The molecule has 0 saturated carbocycles. The molecular weight excluding hydrogens is 299 g/mol. The minimum atomic E-state index is -4.30. The molecule has 0 atom stereocenters. The molecule has 7 heteroatoms. The zero-order valence-electron chi connectivity index (χ0n) is 11.3. The van der Waals surface area contributed by atoms with Crippen molar-refractivity contribution >= 4 is 33.9 Å². The van der Waals surface area contributed by atoms with E-state index in [1.165, 1.54) is 6.07 Å². The average Bonchev–Trinajstić information content (AvgIpc) is 2.42. The van der Waals surface area contributed by atoms with Crippen molar-refractivity contribution in [3.8, 4) is 0 Å². The first-order valence-corrected chi connectivity index (χ1v) is 6.74. The number of fused-ring (bicyclic) bond motifs is 1. The Bertz CT molecular complexity index is 670. The molecule has 0 spiro atoms. The van der Waals surface area contributed by atoms with Crippen LogP contribution in [-0.4, -0.2) is 29.2 Å². The third-order valence-corrected chi connectivity index (χ3v) is 3.26. The molecule has 0 unspecified atom stereocenters. The predicted octanol–water partition coefficient (Wildman–Crippen LogP) is 3.26. The van der Waals surface area contributed by atoms with E-state index in [2.05, 4.69) is 4.98 Å². The number of halogens is 3. The molecule has 0 bridgehead atoms. The van der Waals surface area contributed by atoms with Gasteiger partial charge < -0.3 is 10.6 Å². The van der Waals surface area contributed by atoms with E-state index in [1.807, 2.05) is 0 Å². The lowest BCUT2D eigenvalue weighted by Gasteiger charge is -2.24. The van der Waals surface area contributed by atoms with Crippen LogP contribution in [0, 0.1) is 0 Å². The number of para-hydroxylation sites is 1. The number of rotatable bonds is 4. The minimum absolute atomic E-state index is 0.137. The Balaban J connectivity index is 2.56. The first-order valence-electron chi connectivity index (χ1n) is 6.33. The fourth-order valence-electron chi connectivity index (χ4n) is 2.10. The molecule has 0 aliphatic rings. The first kappa shape index (κ1) is 15.5. The first-order chi connectivity index (χ1) is 9.81. The minimum Gasteiger partial charge on any atom is -0.389 e. The third-order valence-electron chi connectivity index (χ3n) is 3.04. The fraction of sp³-hybridized carbons (Fsp3) is 0.286. The molecule has 2 N–H and O–H groups in total. The number of anilines is 1. The number of nitrogens with zero attached hydrogens (tertiary/aromatic N) is 2. The lowest BCUT2D eigenvalue weighted by Crippen LogP contribution is -2.34. The topological polar surface area (TPSA) is 42.1 Å². The number of benzene rings is 1. The Hall–Kier alpha value is -1.89. The van der Waals surface area contributed by atoms with Gasteiger partial charge in [-0.3, -0.25) is 0 Å². The average molecular weight is 313 g/mol. The summed E-state index contributed by atoms with van der Waals surface area (Å²) >= 11 is 4.99. The van der Waals surface area contributed by atoms with Crippen molar-refractivity contribution in [3.63, 3.8) is 0 Å². The normalized spacial score (nSPS) is 11.6. The molecule has 112 valence electrons. The molecule has 0 aliphatic heterocycles. The number of nitrogens with two attached hydrogens (primary N) is 1. The van der Waals surface area contributed by atoms with Crippen molar-refractivity contribution in [3.05, 3.63) is 35.9 Å². The fourth-order valence-corrected chi connectivity index (χ4v) is 2.27. The number of alkyl halides is 3. The van der Waals surface area contributed by atoms with Gasteiger partial charge in [-0.15, -0.1) is 0 Å². The van der Waals surface area contributed by atoms with E-state index in [4.69, 9.17) is 18.0 Å². The van der Waals surface area contributed by atoms with Crippen LogP contribution in [0.25, 0.3) is 10.9 Å². The summed E-state index contributed by atoms with van der Waals surface area (Å²) in [6, 6.07) is 8.60. The number of hydrogen-bond acceptors (Lipinski definition) is 3. The highest BCUT2D eigenvalue weighted by Crippen LogP contribution is 2.25. The Morgan fingerprint density at radius 2 is 2.00 bits per heavy atom. The molecule has 3 nitrogen and oxygen atoms in total. The van der Waals surface area contributed by atoms with Crippen LogP contribution in [0.3, 0.4) is 0 Å². The van der Waals surface area contributed by atoms with Gasteiger partial charge in [0.1, 0.15) is 17.4 Å². The molecular formula is C14H14F3N3S. The van der Waals surface area contributed by atoms with Crippen LogP contribution < -0.4 is 10.6 Å². The van der Waals surface area contributed by atoms with Crippen LogP contribution in [0.1, 0.15) is 12.5 Å². The van der Waals surface area contributed by atoms with Crippen LogP contribution in [-0.2, 0) is 0 Å². The molecule has 0 radical (unpaired) electrons. The number of hydrogen-bond donors (Lipinski definition) is 1.